The van der Waals surface area contributed by atoms with E-state index >= 15 is 0 Å². The van der Waals surface area contributed by atoms with E-state index in [1.165, 1.54) is 13.0 Å². The van der Waals surface area contributed by atoms with Gasteiger partial charge >= 0.3 is 5.97 Å². The Balaban J connectivity index is 2.62. The molecule has 1 atom stereocenters. The molecule has 0 aliphatic carbocycles. The number of carboxylic acids is 1. The number of rotatable bonds is 4. The molecule has 0 saturated heterocycles. The molecule has 0 saturated carbocycles. The van der Waals surface area contributed by atoms with E-state index < -0.39 is 23.5 Å². The molecule has 1 unspecified atom stereocenters. The van der Waals surface area contributed by atoms with Gasteiger partial charge in [-0.15, -0.1) is 11.8 Å². The summed E-state index contributed by atoms with van der Waals surface area (Å²) in [5.74, 6) is -2.51. The van der Waals surface area contributed by atoms with Crippen molar-refractivity contribution in [2.75, 3.05) is 5.75 Å². The molecule has 0 bridgehead atoms. The number of hydrogen-bond donors (Lipinski definition) is 1. The number of thioether (sulfide) groups is 1. The molecule has 15 heavy (non-hydrogen) atoms. The Hall–Kier alpha value is -1.10. The Morgan fingerprint density at radius 2 is 2.20 bits per heavy atom. The molecular formula is C10H10F2O2S. The third-order valence-electron chi connectivity index (χ3n) is 1.80. The van der Waals surface area contributed by atoms with Crippen molar-refractivity contribution in [3.63, 3.8) is 0 Å². The first kappa shape index (κ1) is 12.0. The molecule has 0 radical (unpaired) electrons. The first-order chi connectivity index (χ1) is 7.00. The summed E-state index contributed by atoms with van der Waals surface area (Å²) in [5.41, 5.74) is 0. The average Bonchev–Trinajstić information content (AvgIpc) is 2.15. The van der Waals surface area contributed by atoms with E-state index in [0.717, 1.165) is 23.9 Å². The molecule has 0 aliphatic heterocycles. The van der Waals surface area contributed by atoms with Crippen molar-refractivity contribution in [1.82, 2.24) is 0 Å². The van der Waals surface area contributed by atoms with E-state index in [2.05, 4.69) is 0 Å². The maximum Gasteiger partial charge on any atom is 0.307 e. The quantitative estimate of drug-likeness (QED) is 0.811. The van der Waals surface area contributed by atoms with Crippen LogP contribution in [-0.2, 0) is 4.79 Å². The molecule has 1 aromatic rings. The lowest BCUT2D eigenvalue weighted by molar-refractivity contribution is -0.140. The minimum Gasteiger partial charge on any atom is -0.481 e. The highest BCUT2D eigenvalue weighted by Crippen LogP contribution is 2.24. The molecule has 0 fully saturated rings. The normalized spacial score (nSPS) is 12.5. The second-order valence-electron chi connectivity index (χ2n) is 3.13. The van der Waals surface area contributed by atoms with Crippen LogP contribution in [0.25, 0.3) is 0 Å². The topological polar surface area (TPSA) is 37.3 Å². The van der Waals surface area contributed by atoms with Crippen molar-refractivity contribution >= 4 is 17.7 Å². The van der Waals surface area contributed by atoms with Gasteiger partial charge in [-0.3, -0.25) is 4.79 Å². The fraction of sp³-hybridized carbons (Fsp3) is 0.300. The van der Waals surface area contributed by atoms with Crippen LogP contribution in [-0.4, -0.2) is 16.8 Å². The summed E-state index contributed by atoms with van der Waals surface area (Å²) in [6, 6.07) is 3.24. The predicted octanol–water partition coefficient (Wildman–Crippen LogP) is 2.78. The van der Waals surface area contributed by atoms with Crippen LogP contribution in [0.4, 0.5) is 8.78 Å². The van der Waals surface area contributed by atoms with Crippen LogP contribution >= 0.6 is 11.8 Å². The van der Waals surface area contributed by atoms with Crippen LogP contribution in [0.5, 0.6) is 0 Å². The zero-order chi connectivity index (χ0) is 11.4. The minimum absolute atomic E-state index is 0.262. The third-order valence-corrected chi connectivity index (χ3v) is 3.11. The summed E-state index contributed by atoms with van der Waals surface area (Å²) in [6.07, 6.45) is 0. The van der Waals surface area contributed by atoms with Gasteiger partial charge in [-0.25, -0.2) is 8.78 Å². The van der Waals surface area contributed by atoms with Gasteiger partial charge in [0, 0.05) is 16.7 Å². The van der Waals surface area contributed by atoms with Crippen LogP contribution in [0.3, 0.4) is 0 Å². The van der Waals surface area contributed by atoms with Crippen molar-refractivity contribution in [1.29, 1.82) is 0 Å². The smallest absolute Gasteiger partial charge is 0.307 e. The lowest BCUT2D eigenvalue weighted by Gasteiger charge is -2.06. The Labute approximate surface area is 90.3 Å². The van der Waals surface area contributed by atoms with Crippen molar-refractivity contribution in [2.45, 2.75) is 11.8 Å². The van der Waals surface area contributed by atoms with Crippen LogP contribution in [0.15, 0.2) is 23.1 Å². The van der Waals surface area contributed by atoms with Gasteiger partial charge in [-0.2, -0.15) is 0 Å². The van der Waals surface area contributed by atoms with Crippen LogP contribution < -0.4 is 0 Å². The van der Waals surface area contributed by atoms with Crippen molar-refractivity contribution in [3.8, 4) is 0 Å². The number of halogens is 2. The molecule has 0 heterocycles. The lowest BCUT2D eigenvalue weighted by Crippen LogP contribution is -2.11. The summed E-state index contributed by atoms with van der Waals surface area (Å²) in [5, 5.41) is 8.61. The standard InChI is InChI=1S/C10H10F2O2S/c1-6(10(13)14)5-15-9-3-2-7(11)4-8(9)12/h2-4,6H,5H2,1H3,(H,13,14). The van der Waals surface area contributed by atoms with Crippen LogP contribution in [0.1, 0.15) is 6.92 Å². The van der Waals surface area contributed by atoms with Gasteiger partial charge in [0.15, 0.2) is 0 Å². The Morgan fingerprint density at radius 3 is 2.73 bits per heavy atom. The molecule has 82 valence electrons. The number of aliphatic carboxylic acids is 1. The minimum atomic E-state index is -0.926. The summed E-state index contributed by atoms with van der Waals surface area (Å²) in [7, 11) is 0. The van der Waals surface area contributed by atoms with Crippen molar-refractivity contribution in [3.05, 3.63) is 29.8 Å². The maximum absolute atomic E-state index is 13.1. The van der Waals surface area contributed by atoms with Gasteiger partial charge in [0.2, 0.25) is 0 Å². The van der Waals surface area contributed by atoms with Crippen LogP contribution in [0.2, 0.25) is 0 Å². The molecule has 0 aromatic heterocycles. The maximum atomic E-state index is 13.1. The molecular weight excluding hydrogens is 222 g/mol. The molecule has 1 rings (SSSR count). The third kappa shape index (κ3) is 3.51. The number of benzene rings is 1. The fourth-order valence-electron chi connectivity index (χ4n) is 0.878. The van der Waals surface area contributed by atoms with Crippen molar-refractivity contribution in [2.24, 2.45) is 5.92 Å². The van der Waals surface area contributed by atoms with Gasteiger partial charge in [0.1, 0.15) is 11.6 Å². The first-order valence-corrected chi connectivity index (χ1v) is 5.30. The summed E-state index contributed by atoms with van der Waals surface area (Å²) in [4.78, 5) is 10.8. The molecule has 0 spiro atoms. The zero-order valence-corrected chi connectivity index (χ0v) is 8.85. The van der Waals surface area contributed by atoms with Gasteiger partial charge in [0.25, 0.3) is 0 Å². The highest BCUT2D eigenvalue weighted by atomic mass is 32.2. The Kier molecular flexibility index (Phi) is 4.08. The molecule has 5 heteroatoms. The lowest BCUT2D eigenvalue weighted by atomic mass is 10.2. The highest BCUT2D eigenvalue weighted by molar-refractivity contribution is 7.99. The van der Waals surface area contributed by atoms with Crippen LogP contribution in [0, 0.1) is 17.6 Å². The van der Waals surface area contributed by atoms with Gasteiger partial charge < -0.3 is 5.11 Å². The second kappa shape index (κ2) is 5.11. The van der Waals surface area contributed by atoms with Gasteiger partial charge in [-0.05, 0) is 12.1 Å². The average molecular weight is 232 g/mol. The molecule has 2 nitrogen and oxygen atoms in total. The number of hydrogen-bond acceptors (Lipinski definition) is 2. The molecule has 0 aliphatic rings. The van der Waals surface area contributed by atoms with Gasteiger partial charge in [0.05, 0.1) is 5.92 Å². The highest BCUT2D eigenvalue weighted by Gasteiger charge is 2.12. The molecule has 1 aromatic carbocycles. The van der Waals surface area contributed by atoms with E-state index in [-0.39, 0.29) is 10.6 Å². The van der Waals surface area contributed by atoms with E-state index in [0.29, 0.717) is 0 Å². The van der Waals surface area contributed by atoms with Gasteiger partial charge in [-0.1, -0.05) is 6.92 Å². The first-order valence-electron chi connectivity index (χ1n) is 4.31. The largest absolute Gasteiger partial charge is 0.481 e. The Bertz CT molecular complexity index is 368. The Morgan fingerprint density at radius 1 is 1.53 bits per heavy atom. The summed E-state index contributed by atoms with van der Waals surface area (Å²) < 4.78 is 25.6. The SMILES string of the molecule is CC(CSc1ccc(F)cc1F)C(=O)O. The van der Waals surface area contributed by atoms with Crippen molar-refractivity contribution < 1.29 is 18.7 Å². The monoisotopic (exact) mass is 232 g/mol. The van der Waals surface area contributed by atoms with E-state index in [1.807, 2.05) is 0 Å². The molecule has 1 N–H and O–H groups in total. The second-order valence-corrected chi connectivity index (χ2v) is 4.19. The van der Waals surface area contributed by atoms with E-state index in [9.17, 15) is 13.6 Å². The fourth-order valence-corrected chi connectivity index (χ4v) is 1.81. The van der Waals surface area contributed by atoms with E-state index in [4.69, 9.17) is 5.11 Å². The molecule has 0 amide bonds. The predicted molar refractivity (Wildman–Crippen MR) is 53.9 cm³/mol. The number of carboxylic acid groups (broad SMARTS) is 1. The number of carbonyl (C=O) groups is 1. The van der Waals surface area contributed by atoms with E-state index in [1.54, 1.807) is 0 Å². The summed E-state index contributed by atoms with van der Waals surface area (Å²) in [6.45, 7) is 1.54. The zero-order valence-electron chi connectivity index (χ0n) is 8.04. The summed E-state index contributed by atoms with van der Waals surface area (Å²) >= 11 is 1.07.